The first-order valence-electron chi connectivity index (χ1n) is 9.11. The molecule has 0 spiro atoms. The van der Waals surface area contributed by atoms with Gasteiger partial charge in [0.15, 0.2) is 5.76 Å². The molecule has 1 aliphatic heterocycles. The molecule has 1 N–H and O–H groups in total. The van der Waals surface area contributed by atoms with E-state index in [1.54, 1.807) is 17.5 Å². The zero-order valence-corrected chi connectivity index (χ0v) is 17.2. The number of hydrogen-bond acceptors (Lipinski definition) is 6. The van der Waals surface area contributed by atoms with Gasteiger partial charge in [-0.15, -0.1) is 11.3 Å². The zero-order chi connectivity index (χ0) is 18.7. The van der Waals surface area contributed by atoms with Crippen LogP contribution in [0.1, 0.15) is 38.8 Å². The van der Waals surface area contributed by atoms with Gasteiger partial charge in [-0.05, 0) is 65.1 Å². The molecule has 0 saturated carbocycles. The smallest absolute Gasteiger partial charge is 0.250 e. The standard InChI is InChI=1S/C18H27N3O3S2/c1-13(2)21-8-5-15(6-9-21)4-7-19-26(22,23)18-11-16(12-25-18)17-10-14(3)20-24-17/h10-13,15,19H,4-9H2,1-3H3. The van der Waals surface area contributed by atoms with E-state index in [1.807, 2.05) is 6.92 Å². The van der Waals surface area contributed by atoms with Gasteiger partial charge in [-0.1, -0.05) is 5.16 Å². The molecule has 0 aromatic carbocycles. The fourth-order valence-corrected chi connectivity index (χ4v) is 5.57. The fourth-order valence-electron chi connectivity index (χ4n) is 3.31. The SMILES string of the molecule is Cc1cc(-c2csc(S(=O)(=O)NCCC3CCN(C(C)C)CC3)c2)on1. The second-order valence-corrected chi connectivity index (χ2v) is 10.2. The number of thiophene rings is 1. The number of rotatable bonds is 7. The van der Waals surface area contributed by atoms with Crippen LogP contribution in [0.3, 0.4) is 0 Å². The number of aromatic nitrogens is 1. The molecule has 8 heteroatoms. The van der Waals surface area contributed by atoms with Crippen LogP contribution in [0.25, 0.3) is 11.3 Å². The van der Waals surface area contributed by atoms with Crippen LogP contribution >= 0.6 is 11.3 Å². The lowest BCUT2D eigenvalue weighted by atomic mass is 9.93. The molecule has 2 aromatic heterocycles. The number of hydrogen-bond donors (Lipinski definition) is 1. The highest BCUT2D eigenvalue weighted by Crippen LogP contribution is 2.29. The van der Waals surface area contributed by atoms with Crippen LogP contribution in [0.4, 0.5) is 0 Å². The van der Waals surface area contributed by atoms with Gasteiger partial charge in [0, 0.05) is 29.6 Å². The van der Waals surface area contributed by atoms with Crippen molar-refractivity contribution < 1.29 is 12.9 Å². The Hall–Kier alpha value is -1.22. The number of aryl methyl sites for hydroxylation is 1. The van der Waals surface area contributed by atoms with Gasteiger partial charge in [-0.2, -0.15) is 0 Å². The third kappa shape index (κ3) is 4.73. The predicted octanol–water partition coefficient (Wildman–Crippen LogP) is 3.50. The molecular formula is C18H27N3O3S2. The summed E-state index contributed by atoms with van der Waals surface area (Å²) >= 11 is 1.21. The van der Waals surface area contributed by atoms with Crippen LogP contribution in [0, 0.1) is 12.8 Å². The molecule has 1 fully saturated rings. The van der Waals surface area contributed by atoms with Crippen molar-refractivity contribution in [2.45, 2.75) is 50.3 Å². The monoisotopic (exact) mass is 397 g/mol. The van der Waals surface area contributed by atoms with Crippen molar-refractivity contribution in [1.82, 2.24) is 14.8 Å². The molecule has 0 atom stereocenters. The first-order valence-corrected chi connectivity index (χ1v) is 11.5. The maximum Gasteiger partial charge on any atom is 0.250 e. The summed E-state index contributed by atoms with van der Waals surface area (Å²) in [5, 5.41) is 5.63. The molecule has 144 valence electrons. The molecule has 0 aliphatic carbocycles. The normalized spacial score (nSPS) is 17.2. The van der Waals surface area contributed by atoms with Crippen LogP contribution in [0.5, 0.6) is 0 Å². The maximum atomic E-state index is 12.5. The Morgan fingerprint density at radius 3 is 2.69 bits per heavy atom. The Bertz CT molecular complexity index is 818. The number of nitrogens with one attached hydrogen (secondary N) is 1. The Morgan fingerprint density at radius 1 is 1.35 bits per heavy atom. The van der Waals surface area contributed by atoms with E-state index in [9.17, 15) is 8.42 Å². The Balaban J connectivity index is 1.51. The molecule has 1 saturated heterocycles. The van der Waals surface area contributed by atoms with Crippen LogP contribution < -0.4 is 4.72 Å². The summed E-state index contributed by atoms with van der Waals surface area (Å²) in [7, 11) is -3.47. The van der Waals surface area contributed by atoms with Gasteiger partial charge in [-0.25, -0.2) is 13.1 Å². The van der Waals surface area contributed by atoms with Crippen molar-refractivity contribution >= 4 is 21.4 Å². The van der Waals surface area contributed by atoms with Crippen molar-refractivity contribution in [1.29, 1.82) is 0 Å². The minimum Gasteiger partial charge on any atom is -0.356 e. The van der Waals surface area contributed by atoms with Gasteiger partial charge >= 0.3 is 0 Å². The lowest BCUT2D eigenvalue weighted by Crippen LogP contribution is -2.39. The van der Waals surface area contributed by atoms with Gasteiger partial charge in [0.05, 0.1) is 5.69 Å². The van der Waals surface area contributed by atoms with Gasteiger partial charge < -0.3 is 9.42 Å². The lowest BCUT2D eigenvalue weighted by molar-refractivity contribution is 0.146. The Morgan fingerprint density at radius 2 is 2.08 bits per heavy atom. The van der Waals surface area contributed by atoms with E-state index in [2.05, 4.69) is 28.6 Å². The van der Waals surface area contributed by atoms with Crippen LogP contribution in [0.2, 0.25) is 0 Å². The molecule has 0 radical (unpaired) electrons. The first kappa shape index (κ1) is 19.5. The third-order valence-corrected chi connectivity index (χ3v) is 7.88. The topological polar surface area (TPSA) is 75.4 Å². The summed E-state index contributed by atoms with van der Waals surface area (Å²) in [4.78, 5) is 2.49. The Labute approximate surface area is 159 Å². The number of nitrogens with zero attached hydrogens (tertiary/aromatic N) is 2. The van der Waals surface area contributed by atoms with E-state index in [1.165, 1.54) is 11.3 Å². The van der Waals surface area contributed by atoms with Crippen molar-refractivity contribution in [3.63, 3.8) is 0 Å². The van der Waals surface area contributed by atoms with Gasteiger partial charge in [0.25, 0.3) is 0 Å². The van der Waals surface area contributed by atoms with Crippen LogP contribution in [0.15, 0.2) is 26.2 Å². The summed E-state index contributed by atoms with van der Waals surface area (Å²) in [5.74, 6) is 1.20. The van der Waals surface area contributed by atoms with Crippen molar-refractivity contribution in [3.05, 3.63) is 23.2 Å². The fraction of sp³-hybridized carbons (Fsp3) is 0.611. The number of likely N-dealkylation sites (tertiary alicyclic amines) is 1. The second kappa shape index (κ2) is 8.21. The van der Waals surface area contributed by atoms with E-state index in [4.69, 9.17) is 4.52 Å². The van der Waals surface area contributed by atoms with Gasteiger partial charge in [0.2, 0.25) is 10.0 Å². The molecule has 0 unspecified atom stereocenters. The minimum absolute atomic E-state index is 0.316. The minimum atomic E-state index is -3.47. The molecule has 3 heterocycles. The maximum absolute atomic E-state index is 12.5. The van der Waals surface area contributed by atoms with E-state index in [-0.39, 0.29) is 0 Å². The summed E-state index contributed by atoms with van der Waals surface area (Å²) in [6.45, 7) is 9.00. The average molecular weight is 398 g/mol. The summed E-state index contributed by atoms with van der Waals surface area (Å²) in [5.41, 5.74) is 1.52. The molecule has 26 heavy (non-hydrogen) atoms. The summed E-state index contributed by atoms with van der Waals surface area (Å²) in [6.07, 6.45) is 3.19. The third-order valence-electron chi connectivity index (χ3n) is 4.98. The lowest BCUT2D eigenvalue weighted by Gasteiger charge is -2.34. The predicted molar refractivity (Wildman–Crippen MR) is 104 cm³/mol. The summed E-state index contributed by atoms with van der Waals surface area (Å²) < 4.78 is 33.3. The van der Waals surface area contributed by atoms with E-state index < -0.39 is 10.0 Å². The van der Waals surface area contributed by atoms with E-state index in [0.717, 1.165) is 43.6 Å². The van der Waals surface area contributed by atoms with Crippen molar-refractivity contribution in [3.8, 4) is 11.3 Å². The quantitative estimate of drug-likeness (QED) is 0.774. The van der Waals surface area contributed by atoms with Gasteiger partial charge in [0.1, 0.15) is 4.21 Å². The first-order chi connectivity index (χ1) is 12.3. The molecular weight excluding hydrogens is 370 g/mol. The summed E-state index contributed by atoms with van der Waals surface area (Å²) in [6, 6.07) is 4.04. The molecule has 0 bridgehead atoms. The van der Waals surface area contributed by atoms with Crippen LogP contribution in [-0.4, -0.2) is 44.2 Å². The molecule has 0 amide bonds. The average Bonchev–Trinajstić information content (AvgIpc) is 3.24. The van der Waals surface area contributed by atoms with Crippen LogP contribution in [-0.2, 0) is 10.0 Å². The van der Waals surface area contributed by atoms with Crippen molar-refractivity contribution in [2.75, 3.05) is 19.6 Å². The molecule has 1 aliphatic rings. The zero-order valence-electron chi connectivity index (χ0n) is 15.6. The van der Waals surface area contributed by atoms with E-state index in [0.29, 0.717) is 28.5 Å². The molecule has 2 aromatic rings. The highest BCUT2D eigenvalue weighted by atomic mass is 32.2. The molecule has 6 nitrogen and oxygen atoms in total. The molecule has 3 rings (SSSR count). The van der Waals surface area contributed by atoms with E-state index >= 15 is 0 Å². The van der Waals surface area contributed by atoms with Crippen molar-refractivity contribution in [2.24, 2.45) is 5.92 Å². The number of piperidine rings is 1. The second-order valence-electron chi connectivity index (χ2n) is 7.25. The Kier molecular flexibility index (Phi) is 6.17. The number of sulfonamides is 1. The largest absolute Gasteiger partial charge is 0.356 e. The highest BCUT2D eigenvalue weighted by Gasteiger charge is 2.22. The van der Waals surface area contributed by atoms with Gasteiger partial charge in [-0.3, -0.25) is 0 Å². The highest BCUT2D eigenvalue weighted by molar-refractivity contribution is 7.91.